The Morgan fingerprint density at radius 2 is 1.31 bits per heavy atom. The lowest BCUT2D eigenvalue weighted by molar-refractivity contribution is -0.132. The van der Waals surface area contributed by atoms with Gasteiger partial charge in [0.15, 0.2) is 11.5 Å². The maximum Gasteiger partial charge on any atom is 0.229 e. The number of fused-ring (bicyclic) bond motifs is 2. The first-order valence-electron chi connectivity index (χ1n) is 13.6. The van der Waals surface area contributed by atoms with Crippen molar-refractivity contribution in [1.29, 1.82) is 0 Å². The molecule has 0 aliphatic heterocycles. The maximum atomic E-state index is 13.0. The largest absolute Gasteiger partial charge is 0.504 e. The Morgan fingerprint density at radius 3 is 1.78 bits per heavy atom. The van der Waals surface area contributed by atoms with Crippen LogP contribution in [0.3, 0.4) is 0 Å². The summed E-state index contributed by atoms with van der Waals surface area (Å²) in [5.74, 6) is -0.313. The molecule has 3 aliphatic rings. The number of Topliss-reactive ketones (excluding diaryl/α,β-unsaturated/α-hetero) is 1. The molecule has 0 heterocycles. The van der Waals surface area contributed by atoms with Crippen molar-refractivity contribution in [2.75, 3.05) is 0 Å². The van der Waals surface area contributed by atoms with E-state index in [1.54, 1.807) is 6.07 Å². The Morgan fingerprint density at radius 1 is 0.778 bits per heavy atom. The van der Waals surface area contributed by atoms with Gasteiger partial charge in [-0.3, -0.25) is 9.59 Å². The smallest absolute Gasteiger partial charge is 0.229 e. The van der Waals surface area contributed by atoms with Gasteiger partial charge in [-0.05, 0) is 89.3 Å². The molecular formula is C32H42O4. The fourth-order valence-electron chi connectivity index (χ4n) is 6.35. The molecule has 0 saturated heterocycles. The molecule has 4 rings (SSSR count). The van der Waals surface area contributed by atoms with Gasteiger partial charge in [-0.15, -0.1) is 0 Å². The van der Waals surface area contributed by atoms with Gasteiger partial charge in [0.2, 0.25) is 11.6 Å². The minimum absolute atomic E-state index is 0.0938. The predicted molar refractivity (Wildman–Crippen MR) is 145 cm³/mol. The predicted octanol–water partition coefficient (Wildman–Crippen LogP) is 7.58. The highest BCUT2D eigenvalue weighted by Gasteiger charge is 2.36. The normalized spacial score (nSPS) is 23.6. The van der Waals surface area contributed by atoms with Crippen LogP contribution in [-0.2, 0) is 15.0 Å². The number of ketones is 2. The SMILES string of the molecule is CC(C)(C)C1=CC(C(=C2C3CCCCC2CCCC3)c2cc(O)c(O)c(C(C)(C)C)c2)=CC(=O)C1=O. The summed E-state index contributed by atoms with van der Waals surface area (Å²) in [7, 11) is 0. The quantitative estimate of drug-likeness (QED) is 0.254. The molecule has 2 saturated carbocycles. The summed E-state index contributed by atoms with van der Waals surface area (Å²) >= 11 is 0. The van der Waals surface area contributed by atoms with Crippen molar-refractivity contribution in [2.24, 2.45) is 17.3 Å². The van der Waals surface area contributed by atoms with Crippen LogP contribution in [0.15, 0.2) is 41.0 Å². The molecule has 4 nitrogen and oxygen atoms in total. The number of carbonyl (C=O) groups excluding carboxylic acids is 2. The van der Waals surface area contributed by atoms with E-state index in [4.69, 9.17) is 0 Å². The van der Waals surface area contributed by atoms with E-state index in [0.29, 0.717) is 23.0 Å². The van der Waals surface area contributed by atoms with Gasteiger partial charge in [-0.1, -0.05) is 72.8 Å². The van der Waals surface area contributed by atoms with E-state index in [-0.39, 0.29) is 16.9 Å². The van der Waals surface area contributed by atoms with Gasteiger partial charge in [-0.2, -0.15) is 0 Å². The zero-order chi connectivity index (χ0) is 26.4. The summed E-state index contributed by atoms with van der Waals surface area (Å²) in [5, 5.41) is 21.6. The molecule has 3 aliphatic carbocycles. The van der Waals surface area contributed by atoms with Crippen molar-refractivity contribution >= 4 is 17.1 Å². The van der Waals surface area contributed by atoms with E-state index in [1.807, 2.05) is 53.7 Å². The molecule has 194 valence electrons. The number of hydrogen-bond acceptors (Lipinski definition) is 4. The Balaban J connectivity index is 2.08. The number of hydrogen-bond donors (Lipinski definition) is 2. The van der Waals surface area contributed by atoms with Gasteiger partial charge < -0.3 is 10.2 Å². The van der Waals surface area contributed by atoms with Crippen molar-refractivity contribution in [3.63, 3.8) is 0 Å². The number of carbonyl (C=O) groups is 2. The second kappa shape index (κ2) is 9.68. The molecule has 2 fully saturated rings. The molecule has 0 unspecified atom stereocenters. The Kier molecular flexibility index (Phi) is 7.11. The molecule has 0 aromatic heterocycles. The summed E-state index contributed by atoms with van der Waals surface area (Å²) in [4.78, 5) is 25.9. The summed E-state index contributed by atoms with van der Waals surface area (Å²) in [6, 6.07) is 3.64. The molecular weight excluding hydrogens is 448 g/mol. The zero-order valence-corrected chi connectivity index (χ0v) is 22.8. The highest BCUT2D eigenvalue weighted by molar-refractivity contribution is 6.49. The number of rotatable bonds is 2. The van der Waals surface area contributed by atoms with Crippen molar-refractivity contribution < 1.29 is 19.8 Å². The van der Waals surface area contributed by atoms with Gasteiger partial charge >= 0.3 is 0 Å². The number of aromatic hydroxyl groups is 2. The average Bonchev–Trinajstić information content (AvgIpc) is 3.09. The van der Waals surface area contributed by atoms with E-state index in [2.05, 4.69) is 0 Å². The summed E-state index contributed by atoms with van der Waals surface area (Å²) in [6.07, 6.45) is 12.7. The van der Waals surface area contributed by atoms with Gasteiger partial charge in [0.05, 0.1) is 0 Å². The van der Waals surface area contributed by atoms with Crippen LogP contribution in [0.4, 0.5) is 0 Å². The van der Waals surface area contributed by atoms with Gasteiger partial charge in [0.25, 0.3) is 0 Å². The van der Waals surface area contributed by atoms with Crippen molar-refractivity contribution in [3.05, 3.63) is 52.1 Å². The fraction of sp³-hybridized carbons (Fsp3) is 0.562. The molecule has 1 aromatic rings. The molecule has 1 aromatic carbocycles. The van der Waals surface area contributed by atoms with Crippen molar-refractivity contribution in [2.45, 2.75) is 98.3 Å². The Bertz CT molecular complexity index is 1130. The highest BCUT2D eigenvalue weighted by Crippen LogP contribution is 2.49. The van der Waals surface area contributed by atoms with Crippen LogP contribution in [0, 0.1) is 17.3 Å². The van der Waals surface area contributed by atoms with Crippen molar-refractivity contribution in [3.8, 4) is 11.5 Å². The van der Waals surface area contributed by atoms with Crippen LogP contribution in [0.2, 0.25) is 0 Å². The Labute approximate surface area is 216 Å². The first kappa shape index (κ1) is 26.4. The lowest BCUT2D eigenvalue weighted by Crippen LogP contribution is -2.27. The van der Waals surface area contributed by atoms with Crippen LogP contribution in [0.25, 0.3) is 5.57 Å². The highest BCUT2D eigenvalue weighted by atomic mass is 16.3. The number of benzene rings is 1. The maximum absolute atomic E-state index is 13.0. The van der Waals surface area contributed by atoms with Crippen LogP contribution < -0.4 is 0 Å². The number of phenolic OH excluding ortho intramolecular Hbond substituents is 2. The first-order valence-corrected chi connectivity index (χ1v) is 13.6. The molecule has 4 heteroatoms. The first-order chi connectivity index (χ1) is 16.8. The summed E-state index contributed by atoms with van der Waals surface area (Å²) in [6.45, 7) is 12.0. The molecule has 2 N–H and O–H groups in total. The second-order valence-corrected chi connectivity index (χ2v) is 13.0. The molecule has 0 atom stereocenters. The number of phenols is 2. The molecule has 0 amide bonds. The summed E-state index contributed by atoms with van der Waals surface area (Å²) < 4.78 is 0. The van der Waals surface area contributed by atoms with Gasteiger partial charge in [0.1, 0.15) is 0 Å². The minimum atomic E-state index is -0.480. The van der Waals surface area contributed by atoms with Gasteiger partial charge in [0, 0.05) is 11.1 Å². The fourth-order valence-corrected chi connectivity index (χ4v) is 6.35. The van der Waals surface area contributed by atoms with E-state index in [0.717, 1.165) is 42.4 Å². The zero-order valence-electron chi connectivity index (χ0n) is 22.8. The van der Waals surface area contributed by atoms with Crippen LogP contribution >= 0.6 is 0 Å². The lowest BCUT2D eigenvalue weighted by Gasteiger charge is -2.30. The van der Waals surface area contributed by atoms with E-state index < -0.39 is 17.0 Å². The van der Waals surface area contributed by atoms with Crippen molar-refractivity contribution in [1.82, 2.24) is 0 Å². The topological polar surface area (TPSA) is 74.6 Å². The standard InChI is InChI=1S/C32H42O4/c1-31(2,3)23-15-21(17-25(33)29(23)35)28(22-16-24(32(4,5)6)30(36)26(34)18-22)27-19-11-7-8-12-20(27)14-10-9-13-19/h15-20,33,35H,7-14H2,1-6H3. The minimum Gasteiger partial charge on any atom is -0.504 e. The molecule has 0 radical (unpaired) electrons. The number of allylic oxidation sites excluding steroid dienone is 6. The van der Waals surface area contributed by atoms with E-state index >= 15 is 0 Å². The third-order valence-corrected chi connectivity index (χ3v) is 8.22. The van der Waals surface area contributed by atoms with Crippen LogP contribution in [-0.4, -0.2) is 21.8 Å². The molecule has 36 heavy (non-hydrogen) atoms. The third-order valence-electron chi connectivity index (χ3n) is 8.22. The third kappa shape index (κ3) is 5.10. The monoisotopic (exact) mass is 490 g/mol. The molecule has 2 bridgehead atoms. The van der Waals surface area contributed by atoms with Crippen LogP contribution in [0.5, 0.6) is 11.5 Å². The van der Waals surface area contributed by atoms with Crippen LogP contribution in [0.1, 0.15) is 104 Å². The average molecular weight is 491 g/mol. The Hall–Kier alpha value is -2.62. The van der Waals surface area contributed by atoms with E-state index in [9.17, 15) is 19.8 Å². The lowest BCUT2D eigenvalue weighted by atomic mass is 9.73. The molecule has 0 spiro atoms. The van der Waals surface area contributed by atoms with E-state index in [1.165, 1.54) is 37.3 Å². The van der Waals surface area contributed by atoms with Gasteiger partial charge in [-0.25, -0.2) is 0 Å². The summed E-state index contributed by atoms with van der Waals surface area (Å²) in [5.41, 5.74) is 4.30. The second-order valence-electron chi connectivity index (χ2n) is 13.0.